The summed E-state index contributed by atoms with van der Waals surface area (Å²) in [5.41, 5.74) is 2.56. The van der Waals surface area contributed by atoms with Crippen molar-refractivity contribution in [3.63, 3.8) is 0 Å². The molecule has 0 amide bonds. The van der Waals surface area contributed by atoms with Crippen LogP contribution in [0.4, 0.5) is 0 Å². The second-order valence-electron chi connectivity index (χ2n) is 8.32. The van der Waals surface area contributed by atoms with E-state index in [9.17, 15) is 18.0 Å². The Morgan fingerprint density at radius 1 is 1.00 bits per heavy atom. The summed E-state index contributed by atoms with van der Waals surface area (Å²) < 4.78 is 38.5. The molecule has 1 aliphatic heterocycles. The first-order chi connectivity index (χ1) is 15.0. The van der Waals surface area contributed by atoms with Crippen LogP contribution in [0.3, 0.4) is 0 Å². The van der Waals surface area contributed by atoms with Gasteiger partial charge in [-0.1, -0.05) is 18.2 Å². The molecule has 0 aromatic heterocycles. The van der Waals surface area contributed by atoms with Gasteiger partial charge < -0.3 is 9.47 Å². The van der Waals surface area contributed by atoms with Gasteiger partial charge in [-0.05, 0) is 70.0 Å². The molecule has 8 heteroatoms. The Bertz CT molecular complexity index is 1120. The lowest BCUT2D eigenvalue weighted by Gasteiger charge is -2.34. The molecule has 2 aromatic carbocycles. The molecule has 0 N–H and O–H groups in total. The molecular formula is C24H29NO6S. The highest BCUT2D eigenvalue weighted by Crippen LogP contribution is 2.22. The summed E-state index contributed by atoms with van der Waals surface area (Å²) in [6, 6.07) is 11.0. The predicted octanol–water partition coefficient (Wildman–Crippen LogP) is 3.53. The minimum absolute atomic E-state index is 0.00129. The second kappa shape index (κ2) is 9.52. The number of hydrogen-bond acceptors (Lipinski definition) is 6. The third kappa shape index (κ3) is 5.26. The van der Waals surface area contributed by atoms with Gasteiger partial charge in [-0.3, -0.25) is 4.79 Å². The average molecular weight is 460 g/mol. The van der Waals surface area contributed by atoms with E-state index in [0.29, 0.717) is 5.56 Å². The third-order valence-corrected chi connectivity index (χ3v) is 7.37. The van der Waals surface area contributed by atoms with Crippen molar-refractivity contribution >= 4 is 21.8 Å². The second-order valence-corrected chi connectivity index (χ2v) is 10.3. The van der Waals surface area contributed by atoms with E-state index < -0.39 is 22.1 Å². The van der Waals surface area contributed by atoms with Crippen molar-refractivity contribution in [3.8, 4) is 0 Å². The molecule has 1 heterocycles. The number of carbonyl (C=O) groups excluding carboxylic acids is 2. The van der Waals surface area contributed by atoms with Crippen LogP contribution in [0.2, 0.25) is 0 Å². The van der Waals surface area contributed by atoms with Gasteiger partial charge in [0.1, 0.15) is 0 Å². The number of sulfonamides is 1. The molecule has 0 radical (unpaired) electrons. The normalized spacial score (nSPS) is 20.5. The molecule has 3 rings (SSSR count). The van der Waals surface area contributed by atoms with E-state index in [1.165, 1.54) is 35.5 Å². The lowest BCUT2D eigenvalue weighted by atomic mass is 10.0. The predicted molar refractivity (Wildman–Crippen MR) is 120 cm³/mol. The van der Waals surface area contributed by atoms with Crippen LogP contribution in [0.15, 0.2) is 47.4 Å². The fourth-order valence-electron chi connectivity index (χ4n) is 3.67. The minimum atomic E-state index is -3.80. The smallest absolute Gasteiger partial charge is 0.338 e. The van der Waals surface area contributed by atoms with Gasteiger partial charge in [-0.15, -0.1) is 0 Å². The molecular weight excluding hydrogens is 430 g/mol. The molecule has 1 fully saturated rings. The van der Waals surface area contributed by atoms with Crippen LogP contribution in [0.1, 0.15) is 52.6 Å². The minimum Gasteiger partial charge on any atom is -0.451 e. The van der Waals surface area contributed by atoms with E-state index in [1.807, 2.05) is 33.8 Å². The Morgan fingerprint density at radius 2 is 1.66 bits per heavy atom. The summed E-state index contributed by atoms with van der Waals surface area (Å²) >= 11 is 0. The fourth-order valence-corrected chi connectivity index (χ4v) is 5.31. The Kier molecular flexibility index (Phi) is 7.17. The molecule has 0 saturated carbocycles. The van der Waals surface area contributed by atoms with Crippen LogP contribution in [-0.2, 0) is 19.5 Å². The van der Waals surface area contributed by atoms with Gasteiger partial charge in [0.2, 0.25) is 15.8 Å². The summed E-state index contributed by atoms with van der Waals surface area (Å²) in [4.78, 5) is 25.3. The van der Waals surface area contributed by atoms with Gasteiger partial charge in [0.25, 0.3) is 0 Å². The van der Waals surface area contributed by atoms with Gasteiger partial charge in [-0.25, -0.2) is 13.2 Å². The van der Waals surface area contributed by atoms with Gasteiger partial charge in [0.15, 0.2) is 6.10 Å². The van der Waals surface area contributed by atoms with E-state index >= 15 is 0 Å². The zero-order valence-corrected chi connectivity index (χ0v) is 19.8. The number of nitrogens with zero attached hydrogens (tertiary/aromatic N) is 1. The molecule has 3 unspecified atom stereocenters. The molecule has 1 saturated heterocycles. The summed E-state index contributed by atoms with van der Waals surface area (Å²) in [6.45, 7) is 9.48. The number of Topliss-reactive ketones (excluding diaryl/α,β-unsaturated/α-hetero) is 1. The summed E-state index contributed by atoms with van der Waals surface area (Å²) in [5, 5.41) is 0. The standard InChI is InChI=1S/C24H29NO6S/c1-15-9-10-20(11-16(15)2)23(26)19(5)31-24(27)21-7-6-8-22(12-21)32(28,29)25-13-17(3)30-18(4)14-25/h6-12,17-19H,13-14H2,1-5H3. The van der Waals surface area contributed by atoms with Gasteiger partial charge >= 0.3 is 5.97 Å². The van der Waals surface area contributed by atoms with Crippen molar-refractivity contribution < 1.29 is 27.5 Å². The zero-order chi connectivity index (χ0) is 23.6. The number of esters is 1. The zero-order valence-electron chi connectivity index (χ0n) is 19.0. The van der Waals surface area contributed by atoms with Crippen molar-refractivity contribution in [1.82, 2.24) is 4.31 Å². The van der Waals surface area contributed by atoms with Crippen LogP contribution < -0.4 is 0 Å². The molecule has 1 aliphatic rings. The quantitative estimate of drug-likeness (QED) is 0.485. The highest BCUT2D eigenvalue weighted by atomic mass is 32.2. The van der Waals surface area contributed by atoms with Crippen molar-refractivity contribution in [3.05, 3.63) is 64.7 Å². The lowest BCUT2D eigenvalue weighted by molar-refractivity contribution is -0.0440. The number of morpholine rings is 1. The summed E-state index contributed by atoms with van der Waals surface area (Å²) in [5.74, 6) is -1.07. The highest BCUT2D eigenvalue weighted by molar-refractivity contribution is 7.89. The Hall–Kier alpha value is -2.55. The number of aryl methyl sites for hydroxylation is 2. The molecule has 172 valence electrons. The van der Waals surface area contributed by atoms with Crippen LogP contribution in [0.5, 0.6) is 0 Å². The fraction of sp³-hybridized carbons (Fsp3) is 0.417. The third-order valence-electron chi connectivity index (χ3n) is 5.54. The average Bonchev–Trinajstić information content (AvgIpc) is 2.74. The summed E-state index contributed by atoms with van der Waals surface area (Å²) in [6.07, 6.45) is -1.45. The van der Waals surface area contributed by atoms with Crippen molar-refractivity contribution in [2.45, 2.75) is 57.8 Å². The molecule has 7 nitrogen and oxygen atoms in total. The number of benzene rings is 2. The Balaban J connectivity index is 1.76. The molecule has 32 heavy (non-hydrogen) atoms. The number of ether oxygens (including phenoxy) is 2. The Morgan fingerprint density at radius 3 is 2.28 bits per heavy atom. The van der Waals surface area contributed by atoms with Crippen LogP contribution in [0.25, 0.3) is 0 Å². The van der Waals surface area contributed by atoms with E-state index in [-0.39, 0.29) is 41.5 Å². The van der Waals surface area contributed by atoms with Gasteiger partial charge in [0, 0.05) is 18.7 Å². The van der Waals surface area contributed by atoms with Crippen molar-refractivity contribution in [2.75, 3.05) is 13.1 Å². The molecule has 0 spiro atoms. The maximum absolute atomic E-state index is 13.1. The topological polar surface area (TPSA) is 90.0 Å². The van der Waals surface area contributed by atoms with Crippen LogP contribution >= 0.6 is 0 Å². The lowest BCUT2D eigenvalue weighted by Crippen LogP contribution is -2.48. The molecule has 2 aromatic rings. The maximum Gasteiger partial charge on any atom is 0.338 e. The largest absolute Gasteiger partial charge is 0.451 e. The van der Waals surface area contributed by atoms with E-state index in [2.05, 4.69) is 0 Å². The first kappa shape index (κ1) is 24.1. The van der Waals surface area contributed by atoms with Crippen LogP contribution in [-0.4, -0.2) is 55.9 Å². The van der Waals surface area contributed by atoms with Gasteiger partial charge in [0.05, 0.1) is 22.7 Å². The van der Waals surface area contributed by atoms with Crippen LogP contribution in [0, 0.1) is 13.8 Å². The summed E-state index contributed by atoms with van der Waals surface area (Å²) in [7, 11) is -3.80. The van der Waals surface area contributed by atoms with E-state index in [4.69, 9.17) is 9.47 Å². The molecule has 3 atom stereocenters. The van der Waals surface area contributed by atoms with Gasteiger partial charge in [-0.2, -0.15) is 4.31 Å². The Labute approximate surface area is 189 Å². The van der Waals surface area contributed by atoms with Crippen molar-refractivity contribution in [2.24, 2.45) is 0 Å². The number of rotatable bonds is 6. The number of hydrogen-bond donors (Lipinski definition) is 0. The van der Waals surface area contributed by atoms with E-state index in [1.54, 1.807) is 12.1 Å². The SMILES string of the molecule is Cc1ccc(C(=O)C(C)OC(=O)c2cccc(S(=O)(=O)N3CC(C)OC(C)C3)c2)cc1C. The maximum atomic E-state index is 13.1. The van der Waals surface area contributed by atoms with E-state index in [0.717, 1.165) is 11.1 Å². The monoisotopic (exact) mass is 459 g/mol. The molecule has 0 bridgehead atoms. The molecule has 0 aliphatic carbocycles. The number of carbonyl (C=O) groups is 2. The number of ketones is 1. The highest BCUT2D eigenvalue weighted by Gasteiger charge is 2.32. The van der Waals surface area contributed by atoms with Crippen molar-refractivity contribution in [1.29, 1.82) is 0 Å². The first-order valence-corrected chi connectivity index (χ1v) is 12.0. The first-order valence-electron chi connectivity index (χ1n) is 10.6.